The van der Waals surface area contributed by atoms with Crippen LogP contribution in [-0.2, 0) is 6.54 Å². The summed E-state index contributed by atoms with van der Waals surface area (Å²) in [5.74, 6) is 0.961. The second kappa shape index (κ2) is 8.37. The van der Waals surface area contributed by atoms with Gasteiger partial charge in [0.05, 0.1) is 23.0 Å². The summed E-state index contributed by atoms with van der Waals surface area (Å²) in [4.78, 5) is 7.16. The predicted octanol–water partition coefficient (Wildman–Crippen LogP) is 4.42. The summed E-state index contributed by atoms with van der Waals surface area (Å²) in [5.41, 5.74) is 12.4. The molecule has 0 spiro atoms. The van der Waals surface area contributed by atoms with E-state index in [1.165, 1.54) is 36.8 Å². The molecule has 0 atom stereocenters. The van der Waals surface area contributed by atoms with Gasteiger partial charge in [0.15, 0.2) is 5.82 Å². The van der Waals surface area contributed by atoms with Gasteiger partial charge < -0.3 is 15.2 Å². The quantitative estimate of drug-likeness (QED) is 0.457. The van der Waals surface area contributed by atoms with E-state index in [2.05, 4.69) is 61.3 Å². The van der Waals surface area contributed by atoms with Crippen LogP contribution in [-0.4, -0.2) is 34.3 Å². The van der Waals surface area contributed by atoms with Crippen molar-refractivity contribution >= 4 is 5.69 Å². The molecular formula is C26H26N6. The Labute approximate surface area is 188 Å². The van der Waals surface area contributed by atoms with Gasteiger partial charge in [-0.2, -0.15) is 5.26 Å². The Morgan fingerprint density at radius 3 is 2.50 bits per heavy atom. The van der Waals surface area contributed by atoms with Crippen LogP contribution in [0.25, 0.3) is 28.3 Å². The minimum atomic E-state index is 0.679. The van der Waals surface area contributed by atoms with Crippen LogP contribution in [0, 0.1) is 11.3 Å². The van der Waals surface area contributed by atoms with Crippen molar-refractivity contribution < 1.29 is 0 Å². The van der Waals surface area contributed by atoms with Crippen LogP contribution in [0.3, 0.4) is 0 Å². The summed E-state index contributed by atoms with van der Waals surface area (Å²) in [6, 6.07) is 19.0. The van der Waals surface area contributed by atoms with Gasteiger partial charge in [0.1, 0.15) is 0 Å². The maximum Gasteiger partial charge on any atom is 0.161 e. The van der Waals surface area contributed by atoms with Crippen molar-refractivity contribution in [3.8, 4) is 34.4 Å². The van der Waals surface area contributed by atoms with Crippen LogP contribution < -0.4 is 10.6 Å². The van der Waals surface area contributed by atoms with E-state index in [-0.39, 0.29) is 0 Å². The highest BCUT2D eigenvalue weighted by molar-refractivity contribution is 5.72. The molecule has 0 aliphatic carbocycles. The van der Waals surface area contributed by atoms with Crippen molar-refractivity contribution in [2.24, 2.45) is 5.73 Å². The Bertz CT molecular complexity index is 1280. The van der Waals surface area contributed by atoms with Crippen LogP contribution in [0.1, 0.15) is 24.0 Å². The Balaban J connectivity index is 0.00000105. The fraction of sp³-hybridized carbons (Fsp3) is 0.231. The molecule has 2 N–H and O–H groups in total. The van der Waals surface area contributed by atoms with Gasteiger partial charge in [0, 0.05) is 49.5 Å². The maximum atomic E-state index is 9.07. The van der Waals surface area contributed by atoms with Gasteiger partial charge in [-0.1, -0.05) is 12.1 Å². The SMILES string of the molecule is CN.N#Cc1ccc(-c2cc3n(c2)Cc2cc(N4CCCC4)ccc2-n2ccnc2-3)cc1. The lowest BCUT2D eigenvalue weighted by atomic mass is 10.1. The number of nitriles is 1. The van der Waals surface area contributed by atoms with Crippen molar-refractivity contribution in [2.75, 3.05) is 25.0 Å². The van der Waals surface area contributed by atoms with E-state index in [4.69, 9.17) is 5.26 Å². The predicted molar refractivity (Wildman–Crippen MR) is 128 cm³/mol. The van der Waals surface area contributed by atoms with Gasteiger partial charge in [0.25, 0.3) is 0 Å². The molecule has 0 radical (unpaired) electrons. The highest BCUT2D eigenvalue weighted by Crippen LogP contribution is 2.35. The number of aromatic nitrogens is 3. The first-order valence-corrected chi connectivity index (χ1v) is 11.0. The third kappa shape index (κ3) is 3.37. The van der Waals surface area contributed by atoms with Crippen LogP contribution in [0.2, 0.25) is 0 Å². The van der Waals surface area contributed by atoms with Gasteiger partial charge in [0.2, 0.25) is 0 Å². The van der Waals surface area contributed by atoms with E-state index in [0.717, 1.165) is 42.3 Å². The number of hydrogen-bond donors (Lipinski definition) is 1. The molecule has 2 aromatic carbocycles. The summed E-state index contributed by atoms with van der Waals surface area (Å²) >= 11 is 0. The van der Waals surface area contributed by atoms with Crippen molar-refractivity contribution in [3.63, 3.8) is 0 Å². The smallest absolute Gasteiger partial charge is 0.161 e. The molecule has 0 amide bonds. The molecule has 0 unspecified atom stereocenters. The highest BCUT2D eigenvalue weighted by Gasteiger charge is 2.22. The minimum Gasteiger partial charge on any atom is -0.372 e. The number of imidazole rings is 1. The fourth-order valence-electron chi connectivity index (χ4n) is 4.70. The largest absolute Gasteiger partial charge is 0.372 e. The van der Waals surface area contributed by atoms with Crippen molar-refractivity contribution in [1.29, 1.82) is 5.26 Å². The molecule has 6 rings (SSSR count). The lowest BCUT2D eigenvalue weighted by molar-refractivity contribution is 0.817. The molecule has 2 aliphatic heterocycles. The summed E-state index contributed by atoms with van der Waals surface area (Å²) in [6.45, 7) is 3.10. The minimum absolute atomic E-state index is 0.679. The molecule has 160 valence electrons. The molecule has 2 aliphatic rings. The average molecular weight is 423 g/mol. The fourth-order valence-corrected chi connectivity index (χ4v) is 4.70. The van der Waals surface area contributed by atoms with Crippen molar-refractivity contribution in [2.45, 2.75) is 19.4 Å². The van der Waals surface area contributed by atoms with Crippen molar-refractivity contribution in [1.82, 2.24) is 14.1 Å². The third-order valence-corrected chi connectivity index (χ3v) is 6.25. The van der Waals surface area contributed by atoms with E-state index in [1.54, 1.807) is 0 Å². The Morgan fingerprint density at radius 1 is 0.969 bits per heavy atom. The zero-order valence-electron chi connectivity index (χ0n) is 18.2. The molecule has 1 fully saturated rings. The molecule has 6 nitrogen and oxygen atoms in total. The molecule has 2 aromatic heterocycles. The second-order valence-electron chi connectivity index (χ2n) is 8.06. The van der Waals surface area contributed by atoms with E-state index < -0.39 is 0 Å². The highest BCUT2D eigenvalue weighted by atomic mass is 15.2. The Morgan fingerprint density at radius 2 is 1.75 bits per heavy atom. The average Bonchev–Trinajstić information content (AvgIpc) is 3.60. The van der Waals surface area contributed by atoms with E-state index >= 15 is 0 Å². The van der Waals surface area contributed by atoms with Gasteiger partial charge in [-0.05, 0) is 67.4 Å². The standard InChI is InChI=1S/C25H21N5.CH5N/c26-15-18-3-5-19(6-4-18)20-14-24-25-27-9-12-30(25)23-8-7-22(28-10-1-2-11-28)13-21(23)17-29(24)16-20;1-2/h3-9,12-14,16H,1-2,10-11,17H2;2H2,1H3. The zero-order valence-corrected chi connectivity index (χ0v) is 18.2. The van der Waals surface area contributed by atoms with E-state index in [0.29, 0.717) is 5.56 Å². The first-order chi connectivity index (χ1) is 15.8. The number of fused-ring (bicyclic) bond motifs is 5. The second-order valence-corrected chi connectivity index (χ2v) is 8.06. The molecule has 0 bridgehead atoms. The Hall–Kier alpha value is -3.82. The topological polar surface area (TPSA) is 75.8 Å². The molecule has 1 saturated heterocycles. The van der Waals surface area contributed by atoms with Crippen LogP contribution >= 0.6 is 0 Å². The molecule has 32 heavy (non-hydrogen) atoms. The number of nitrogens with two attached hydrogens (primary N) is 1. The first-order valence-electron chi connectivity index (χ1n) is 11.0. The number of benzene rings is 2. The molecule has 4 aromatic rings. The zero-order chi connectivity index (χ0) is 22.1. The molecule has 6 heteroatoms. The van der Waals surface area contributed by atoms with E-state index in [1.807, 2.05) is 36.7 Å². The van der Waals surface area contributed by atoms with E-state index in [9.17, 15) is 0 Å². The Kier molecular flexibility index (Phi) is 5.26. The van der Waals surface area contributed by atoms with Gasteiger partial charge in [-0.15, -0.1) is 0 Å². The number of rotatable bonds is 2. The lowest BCUT2D eigenvalue weighted by Crippen LogP contribution is -2.18. The van der Waals surface area contributed by atoms with Gasteiger partial charge in [-0.25, -0.2) is 4.98 Å². The first kappa shape index (κ1) is 20.1. The molecule has 4 heterocycles. The third-order valence-electron chi connectivity index (χ3n) is 6.25. The molecule has 0 saturated carbocycles. The summed E-state index contributed by atoms with van der Waals surface area (Å²) < 4.78 is 4.50. The number of nitrogens with zero attached hydrogens (tertiary/aromatic N) is 5. The molecular weight excluding hydrogens is 396 g/mol. The van der Waals surface area contributed by atoms with Crippen LogP contribution in [0.15, 0.2) is 67.1 Å². The van der Waals surface area contributed by atoms with Gasteiger partial charge >= 0.3 is 0 Å². The summed E-state index contributed by atoms with van der Waals surface area (Å²) in [5, 5.41) is 9.07. The normalized spacial score (nSPS) is 13.8. The van der Waals surface area contributed by atoms with Gasteiger partial charge in [-0.3, -0.25) is 4.57 Å². The monoisotopic (exact) mass is 422 g/mol. The maximum absolute atomic E-state index is 9.07. The van der Waals surface area contributed by atoms with Crippen LogP contribution in [0.4, 0.5) is 5.69 Å². The summed E-state index contributed by atoms with van der Waals surface area (Å²) in [6.07, 6.45) is 8.68. The number of hydrogen-bond acceptors (Lipinski definition) is 4. The lowest BCUT2D eigenvalue weighted by Gasteiger charge is -2.20. The summed E-state index contributed by atoms with van der Waals surface area (Å²) in [7, 11) is 1.50. The van der Waals surface area contributed by atoms with Crippen molar-refractivity contribution in [3.05, 3.63) is 78.2 Å². The number of anilines is 1. The van der Waals surface area contributed by atoms with Crippen LogP contribution in [0.5, 0.6) is 0 Å².